The van der Waals surface area contributed by atoms with Crippen LogP contribution in [0.2, 0.25) is 0 Å². The molecular weight excluding hydrogens is 332 g/mol. The number of aromatic nitrogens is 2. The smallest absolute Gasteiger partial charge is 0.258 e. The van der Waals surface area contributed by atoms with Crippen LogP contribution in [-0.2, 0) is 0 Å². The fourth-order valence-corrected chi connectivity index (χ4v) is 2.68. The van der Waals surface area contributed by atoms with Gasteiger partial charge in [0.2, 0.25) is 0 Å². The predicted molar refractivity (Wildman–Crippen MR) is 86.9 cm³/mol. The Morgan fingerprint density at radius 3 is 2.67 bits per heavy atom. The van der Waals surface area contributed by atoms with E-state index < -0.39 is 0 Å². The number of nitrogens with zero attached hydrogens (tertiary/aromatic N) is 3. The number of rotatable bonds is 6. The van der Waals surface area contributed by atoms with Crippen molar-refractivity contribution in [3.63, 3.8) is 0 Å². The molecule has 0 aliphatic heterocycles. The molecule has 1 atom stereocenters. The van der Waals surface area contributed by atoms with Gasteiger partial charge in [-0.2, -0.15) is 4.98 Å². The Morgan fingerprint density at radius 1 is 1.33 bits per heavy atom. The predicted octanol–water partition coefficient (Wildman–Crippen LogP) is 3.15. The minimum absolute atomic E-state index is 0.238. The Kier molecular flexibility index (Phi) is 5.50. The zero-order chi connectivity index (χ0) is 15.4. The van der Waals surface area contributed by atoms with E-state index in [0.717, 1.165) is 35.2 Å². The van der Waals surface area contributed by atoms with Gasteiger partial charge in [0.05, 0.1) is 6.04 Å². The van der Waals surface area contributed by atoms with E-state index in [-0.39, 0.29) is 6.04 Å². The average Bonchev–Trinajstić information content (AvgIpc) is 2.94. The molecule has 0 saturated heterocycles. The van der Waals surface area contributed by atoms with Crippen LogP contribution in [0.5, 0.6) is 0 Å². The van der Waals surface area contributed by atoms with Crippen molar-refractivity contribution in [3.05, 3.63) is 34.1 Å². The first-order valence-corrected chi connectivity index (χ1v) is 7.92. The lowest BCUT2D eigenvalue weighted by Gasteiger charge is -2.20. The molecule has 114 valence electrons. The second-order valence-electron chi connectivity index (χ2n) is 5.01. The normalized spacial score (nSPS) is 12.9. The van der Waals surface area contributed by atoms with Crippen LogP contribution in [0.15, 0.2) is 27.2 Å². The van der Waals surface area contributed by atoms with E-state index in [1.165, 1.54) is 0 Å². The Morgan fingerprint density at radius 2 is 2.05 bits per heavy atom. The van der Waals surface area contributed by atoms with Crippen LogP contribution >= 0.6 is 15.9 Å². The lowest BCUT2D eigenvalue weighted by Crippen LogP contribution is -2.32. The standard InChI is InChI=1S/C15H21BrN4O/c1-4-20(5-2)9-13(17)14-18-15(21-19-14)12-7-6-11(16)8-10(12)3/h6-8,13H,4-5,9,17H2,1-3H3. The molecule has 0 amide bonds. The number of benzene rings is 1. The van der Waals surface area contributed by atoms with E-state index in [4.69, 9.17) is 10.3 Å². The summed E-state index contributed by atoms with van der Waals surface area (Å²) in [4.78, 5) is 6.69. The molecule has 21 heavy (non-hydrogen) atoms. The summed E-state index contributed by atoms with van der Waals surface area (Å²) < 4.78 is 6.40. The highest BCUT2D eigenvalue weighted by Crippen LogP contribution is 2.25. The van der Waals surface area contributed by atoms with E-state index in [0.29, 0.717) is 11.7 Å². The summed E-state index contributed by atoms with van der Waals surface area (Å²) in [6, 6.07) is 5.71. The Bertz CT molecular complexity index is 595. The number of aryl methyl sites for hydroxylation is 1. The van der Waals surface area contributed by atoms with E-state index in [2.05, 4.69) is 44.8 Å². The molecule has 0 aliphatic carbocycles. The molecule has 0 fully saturated rings. The lowest BCUT2D eigenvalue weighted by molar-refractivity contribution is 0.278. The monoisotopic (exact) mass is 352 g/mol. The maximum atomic E-state index is 6.17. The molecule has 5 nitrogen and oxygen atoms in total. The van der Waals surface area contributed by atoms with E-state index in [1.54, 1.807) is 0 Å². The van der Waals surface area contributed by atoms with Gasteiger partial charge in [-0.15, -0.1) is 0 Å². The summed E-state index contributed by atoms with van der Waals surface area (Å²) in [6.07, 6.45) is 0. The largest absolute Gasteiger partial charge is 0.334 e. The third-order valence-electron chi connectivity index (χ3n) is 3.54. The van der Waals surface area contributed by atoms with Gasteiger partial charge in [0.15, 0.2) is 5.82 Å². The summed E-state index contributed by atoms with van der Waals surface area (Å²) in [5, 5.41) is 4.03. The van der Waals surface area contributed by atoms with Crippen molar-refractivity contribution < 1.29 is 4.52 Å². The fourth-order valence-electron chi connectivity index (χ4n) is 2.20. The Hall–Kier alpha value is -1.24. The summed E-state index contributed by atoms with van der Waals surface area (Å²) in [5.41, 5.74) is 8.18. The zero-order valence-corrected chi connectivity index (χ0v) is 14.2. The molecule has 2 rings (SSSR count). The van der Waals surface area contributed by atoms with Crippen LogP contribution in [0.3, 0.4) is 0 Å². The SMILES string of the molecule is CCN(CC)CC(N)c1noc(-c2ccc(Br)cc2C)n1. The van der Waals surface area contributed by atoms with Crippen molar-refractivity contribution in [3.8, 4) is 11.5 Å². The van der Waals surface area contributed by atoms with Gasteiger partial charge >= 0.3 is 0 Å². The van der Waals surface area contributed by atoms with Crippen LogP contribution in [0.4, 0.5) is 0 Å². The highest BCUT2D eigenvalue weighted by atomic mass is 79.9. The van der Waals surface area contributed by atoms with Gasteiger partial charge in [-0.05, 0) is 43.8 Å². The number of likely N-dealkylation sites (N-methyl/N-ethyl adjacent to an activating group) is 1. The topological polar surface area (TPSA) is 68.2 Å². The molecule has 6 heteroatoms. The summed E-state index contributed by atoms with van der Waals surface area (Å²) in [5.74, 6) is 1.07. The maximum Gasteiger partial charge on any atom is 0.258 e. The molecule has 0 spiro atoms. The molecule has 0 bridgehead atoms. The second kappa shape index (κ2) is 7.15. The van der Waals surface area contributed by atoms with Crippen LogP contribution in [0, 0.1) is 6.92 Å². The lowest BCUT2D eigenvalue weighted by atomic mass is 10.1. The van der Waals surface area contributed by atoms with Crippen molar-refractivity contribution in [2.75, 3.05) is 19.6 Å². The molecule has 1 aromatic heterocycles. The Balaban J connectivity index is 2.17. The fraction of sp³-hybridized carbons (Fsp3) is 0.467. The average molecular weight is 353 g/mol. The molecular formula is C15H21BrN4O. The maximum absolute atomic E-state index is 6.17. The third kappa shape index (κ3) is 3.90. The van der Waals surface area contributed by atoms with E-state index >= 15 is 0 Å². The highest BCUT2D eigenvalue weighted by molar-refractivity contribution is 9.10. The number of nitrogens with two attached hydrogens (primary N) is 1. The molecule has 2 aromatic rings. The zero-order valence-electron chi connectivity index (χ0n) is 12.6. The molecule has 1 heterocycles. The van der Waals surface area contributed by atoms with Crippen molar-refractivity contribution in [1.29, 1.82) is 0 Å². The van der Waals surface area contributed by atoms with Crippen molar-refractivity contribution in [1.82, 2.24) is 15.0 Å². The summed E-state index contributed by atoms with van der Waals surface area (Å²) >= 11 is 3.45. The van der Waals surface area contributed by atoms with Gasteiger partial charge in [-0.3, -0.25) is 0 Å². The van der Waals surface area contributed by atoms with Crippen molar-refractivity contribution in [2.24, 2.45) is 5.73 Å². The summed E-state index contributed by atoms with van der Waals surface area (Å²) in [6.45, 7) is 8.89. The highest BCUT2D eigenvalue weighted by Gasteiger charge is 2.18. The summed E-state index contributed by atoms with van der Waals surface area (Å²) in [7, 11) is 0. The third-order valence-corrected chi connectivity index (χ3v) is 4.03. The first-order chi connectivity index (χ1) is 10.0. The quantitative estimate of drug-likeness (QED) is 0.864. The van der Waals surface area contributed by atoms with Crippen LogP contribution in [-0.4, -0.2) is 34.7 Å². The van der Waals surface area contributed by atoms with Gasteiger partial charge < -0.3 is 15.2 Å². The second-order valence-corrected chi connectivity index (χ2v) is 5.92. The first kappa shape index (κ1) is 16.1. The van der Waals surface area contributed by atoms with Gasteiger partial charge in [0, 0.05) is 16.6 Å². The van der Waals surface area contributed by atoms with E-state index in [1.807, 2.05) is 25.1 Å². The van der Waals surface area contributed by atoms with Crippen LogP contribution in [0.25, 0.3) is 11.5 Å². The molecule has 0 aliphatic rings. The molecule has 0 saturated carbocycles. The minimum Gasteiger partial charge on any atom is -0.334 e. The van der Waals surface area contributed by atoms with Gasteiger partial charge in [0.1, 0.15) is 0 Å². The van der Waals surface area contributed by atoms with Crippen LogP contribution in [0.1, 0.15) is 31.3 Å². The molecule has 1 aromatic carbocycles. The number of hydrogen-bond donors (Lipinski definition) is 1. The van der Waals surface area contributed by atoms with Gasteiger partial charge in [0.25, 0.3) is 5.89 Å². The first-order valence-electron chi connectivity index (χ1n) is 7.13. The van der Waals surface area contributed by atoms with Gasteiger partial charge in [-0.1, -0.05) is 34.9 Å². The van der Waals surface area contributed by atoms with Crippen molar-refractivity contribution >= 4 is 15.9 Å². The molecule has 0 radical (unpaired) electrons. The molecule has 2 N–H and O–H groups in total. The number of hydrogen-bond acceptors (Lipinski definition) is 5. The van der Waals surface area contributed by atoms with Gasteiger partial charge in [-0.25, -0.2) is 0 Å². The molecule has 1 unspecified atom stereocenters. The number of halogens is 1. The Labute approximate surface area is 133 Å². The van der Waals surface area contributed by atoms with Crippen molar-refractivity contribution in [2.45, 2.75) is 26.8 Å². The van der Waals surface area contributed by atoms with Crippen LogP contribution < -0.4 is 5.73 Å². The van der Waals surface area contributed by atoms with E-state index in [9.17, 15) is 0 Å². The minimum atomic E-state index is -0.238.